The number of hydrogen-bond acceptors (Lipinski definition) is 8. The minimum absolute atomic E-state index is 0.0519. The highest BCUT2D eigenvalue weighted by Crippen LogP contribution is 2.38. The molecule has 202 valence electrons. The third-order valence-electron chi connectivity index (χ3n) is 6.72. The monoisotopic (exact) mass is 604 g/mol. The van der Waals surface area contributed by atoms with Crippen molar-refractivity contribution in [1.29, 1.82) is 0 Å². The molecule has 0 atom stereocenters. The zero-order valence-electron chi connectivity index (χ0n) is 20.5. The molecule has 4 aromatic rings. The minimum atomic E-state index is -0.597. The molecule has 1 saturated carbocycles. The minimum Gasteiger partial charge on any atom is -0.367 e. The average molecular weight is 606 g/mol. The molecule has 1 aliphatic heterocycles. The number of fused-ring (bicyclic) bond motifs is 1. The van der Waals surface area contributed by atoms with Crippen LogP contribution in [0.4, 0.5) is 15.2 Å². The smallest absolute Gasteiger partial charge is 0.262 e. The Morgan fingerprint density at radius 2 is 1.95 bits per heavy atom. The summed E-state index contributed by atoms with van der Waals surface area (Å²) in [7, 11) is 0. The van der Waals surface area contributed by atoms with Gasteiger partial charge in [0.1, 0.15) is 11.4 Å². The summed E-state index contributed by atoms with van der Waals surface area (Å²) in [4.78, 5) is 28.6. The average Bonchev–Trinajstić information content (AvgIpc) is 3.69. The molecular weight excluding hydrogens is 582 g/mol. The van der Waals surface area contributed by atoms with Crippen LogP contribution in [0.15, 0.2) is 45.7 Å². The molecule has 1 aliphatic carbocycles. The van der Waals surface area contributed by atoms with Gasteiger partial charge in [-0.15, -0.1) is 10.2 Å². The van der Waals surface area contributed by atoms with Crippen LogP contribution in [-0.2, 0) is 5.75 Å². The number of hydrogen-bond donors (Lipinski definition) is 2. The Labute approximate surface area is 241 Å². The number of halogens is 3. The molecule has 6 rings (SSSR count). The molecule has 0 unspecified atom stereocenters. The van der Waals surface area contributed by atoms with Gasteiger partial charge in [-0.1, -0.05) is 52.4 Å². The third-order valence-corrected chi connectivity index (χ3v) is 9.50. The van der Waals surface area contributed by atoms with Crippen LogP contribution in [0.3, 0.4) is 0 Å². The summed E-state index contributed by atoms with van der Waals surface area (Å²) in [5, 5.41) is 15.6. The first-order valence-corrected chi connectivity index (χ1v) is 15.0. The molecule has 8 nitrogen and oxygen atoms in total. The van der Waals surface area contributed by atoms with E-state index in [0.717, 1.165) is 31.5 Å². The van der Waals surface area contributed by atoms with Crippen LogP contribution in [0.1, 0.15) is 34.8 Å². The van der Waals surface area contributed by atoms with E-state index in [2.05, 4.69) is 20.8 Å². The second-order valence-electron chi connectivity index (χ2n) is 9.43. The van der Waals surface area contributed by atoms with E-state index in [1.54, 1.807) is 24.4 Å². The van der Waals surface area contributed by atoms with Crippen molar-refractivity contribution in [2.24, 2.45) is 0 Å². The molecule has 39 heavy (non-hydrogen) atoms. The molecule has 3 heterocycles. The zero-order valence-corrected chi connectivity index (χ0v) is 23.7. The Morgan fingerprint density at radius 1 is 1.15 bits per heavy atom. The lowest BCUT2D eigenvalue weighted by atomic mass is 10.1. The first-order chi connectivity index (χ1) is 18.9. The summed E-state index contributed by atoms with van der Waals surface area (Å²) >= 11 is 14.7. The van der Waals surface area contributed by atoms with E-state index >= 15 is 4.39 Å². The van der Waals surface area contributed by atoms with Gasteiger partial charge in [-0.05, 0) is 42.7 Å². The van der Waals surface area contributed by atoms with E-state index in [1.807, 2.05) is 15.5 Å². The van der Waals surface area contributed by atoms with E-state index in [9.17, 15) is 9.59 Å². The Balaban J connectivity index is 1.24. The van der Waals surface area contributed by atoms with Gasteiger partial charge in [-0.2, -0.15) is 0 Å². The Hall–Kier alpha value is -2.70. The number of aromatic nitrogens is 3. The fourth-order valence-electron chi connectivity index (χ4n) is 4.58. The molecule has 1 amide bonds. The van der Waals surface area contributed by atoms with Gasteiger partial charge in [0.05, 0.1) is 21.2 Å². The Morgan fingerprint density at radius 3 is 2.69 bits per heavy atom. The maximum absolute atomic E-state index is 15.2. The van der Waals surface area contributed by atoms with Crippen molar-refractivity contribution in [3.63, 3.8) is 0 Å². The molecule has 2 aromatic carbocycles. The number of amides is 1. The second kappa shape index (κ2) is 11.1. The van der Waals surface area contributed by atoms with Crippen molar-refractivity contribution in [2.45, 2.75) is 29.0 Å². The van der Waals surface area contributed by atoms with E-state index < -0.39 is 17.2 Å². The Kier molecular flexibility index (Phi) is 7.52. The van der Waals surface area contributed by atoms with Crippen LogP contribution in [-0.4, -0.2) is 46.9 Å². The van der Waals surface area contributed by atoms with Crippen molar-refractivity contribution in [3.05, 3.63) is 73.7 Å². The van der Waals surface area contributed by atoms with E-state index in [-0.39, 0.29) is 22.1 Å². The van der Waals surface area contributed by atoms with Gasteiger partial charge < -0.3 is 14.8 Å². The second-order valence-corrected chi connectivity index (χ2v) is 12.4. The largest absolute Gasteiger partial charge is 0.367 e. The highest BCUT2D eigenvalue weighted by molar-refractivity contribution is 8.00. The molecule has 2 fully saturated rings. The number of rotatable bonds is 7. The van der Waals surface area contributed by atoms with Crippen molar-refractivity contribution >= 4 is 73.9 Å². The number of nitrogens with one attached hydrogen (secondary N) is 2. The summed E-state index contributed by atoms with van der Waals surface area (Å²) in [5.41, 5.74) is 1.53. The van der Waals surface area contributed by atoms with Crippen molar-refractivity contribution in [1.82, 2.24) is 20.1 Å². The summed E-state index contributed by atoms with van der Waals surface area (Å²) in [6, 6.07) is 8.60. The van der Waals surface area contributed by atoms with Crippen LogP contribution >= 0.6 is 46.3 Å². The van der Waals surface area contributed by atoms with Crippen LogP contribution in [0, 0.1) is 5.82 Å². The first-order valence-electron chi connectivity index (χ1n) is 12.4. The summed E-state index contributed by atoms with van der Waals surface area (Å²) in [5.74, 6) is -0.466. The lowest BCUT2D eigenvalue weighted by Gasteiger charge is -2.30. The zero-order chi connectivity index (χ0) is 27.1. The van der Waals surface area contributed by atoms with Gasteiger partial charge in [0.2, 0.25) is 10.6 Å². The molecule has 0 spiro atoms. The van der Waals surface area contributed by atoms with Crippen LogP contribution in [0.5, 0.6) is 0 Å². The summed E-state index contributed by atoms with van der Waals surface area (Å²) in [6.07, 6.45) is 3.47. The predicted molar refractivity (Wildman–Crippen MR) is 155 cm³/mol. The number of pyridine rings is 1. The predicted octanol–water partition coefficient (Wildman–Crippen LogP) is 5.59. The maximum Gasteiger partial charge on any atom is 0.262 e. The number of carbonyl (C=O) groups excluding carboxylic acids is 1. The molecule has 13 heteroatoms. The van der Waals surface area contributed by atoms with Gasteiger partial charge in [0, 0.05) is 49.6 Å². The first kappa shape index (κ1) is 26.5. The summed E-state index contributed by atoms with van der Waals surface area (Å²) in [6.45, 7) is 2.92. The molecule has 2 aromatic heterocycles. The van der Waals surface area contributed by atoms with Gasteiger partial charge in [0.15, 0.2) is 4.34 Å². The topological polar surface area (TPSA) is 92.2 Å². The van der Waals surface area contributed by atoms with Crippen molar-refractivity contribution < 1.29 is 9.18 Å². The lowest BCUT2D eigenvalue weighted by molar-refractivity contribution is 0.102. The summed E-state index contributed by atoms with van der Waals surface area (Å²) < 4.78 is 17.8. The number of nitrogens with zero attached hydrogens (tertiary/aromatic N) is 4. The van der Waals surface area contributed by atoms with Crippen LogP contribution in [0.2, 0.25) is 10.0 Å². The fraction of sp³-hybridized carbons (Fsp3) is 0.308. The molecule has 0 bridgehead atoms. The van der Waals surface area contributed by atoms with E-state index in [0.29, 0.717) is 44.4 Å². The lowest BCUT2D eigenvalue weighted by Crippen LogP contribution is -2.43. The van der Waals surface area contributed by atoms with E-state index in [4.69, 9.17) is 23.2 Å². The van der Waals surface area contributed by atoms with Crippen molar-refractivity contribution in [3.8, 4) is 0 Å². The quantitative estimate of drug-likeness (QED) is 0.210. The Bertz CT molecular complexity index is 1630. The number of benzene rings is 2. The number of anilines is 2. The SMILES string of the molecule is O=C(Nc1nnc(SCc2ccc(Cl)c(Cl)c2)s1)c1cn(C2CC2)c2cc(N3CCNCC3)c(F)cc2c1=O. The van der Waals surface area contributed by atoms with Crippen LogP contribution in [0.25, 0.3) is 10.9 Å². The highest BCUT2D eigenvalue weighted by Gasteiger charge is 2.28. The highest BCUT2D eigenvalue weighted by atomic mass is 35.5. The number of thioether (sulfide) groups is 1. The number of piperazine rings is 1. The van der Waals surface area contributed by atoms with Gasteiger partial charge in [-0.3, -0.25) is 14.9 Å². The molecular formula is C26H23Cl2FN6O2S2. The van der Waals surface area contributed by atoms with Crippen LogP contribution < -0.4 is 21.0 Å². The van der Waals surface area contributed by atoms with E-state index in [1.165, 1.54) is 29.2 Å². The molecule has 1 saturated heterocycles. The third kappa shape index (κ3) is 5.64. The van der Waals surface area contributed by atoms with Gasteiger partial charge in [-0.25, -0.2) is 4.39 Å². The molecule has 0 radical (unpaired) electrons. The number of carbonyl (C=O) groups is 1. The van der Waals surface area contributed by atoms with Gasteiger partial charge in [0.25, 0.3) is 5.91 Å². The molecule has 2 N–H and O–H groups in total. The molecule has 2 aliphatic rings. The fourth-order valence-corrected chi connectivity index (χ4v) is 6.59. The maximum atomic E-state index is 15.2. The normalized spacial score (nSPS) is 15.6. The van der Waals surface area contributed by atoms with Crippen molar-refractivity contribution in [2.75, 3.05) is 36.4 Å². The standard InChI is InChI=1S/C26H23Cl2FN6O2S2/c27-18-4-1-14(9-19(18)28)13-38-26-33-32-25(39-26)31-24(37)17-12-35(15-2-3-15)21-11-22(34-7-5-30-6-8-34)20(29)10-16(21)23(17)36/h1,4,9-12,15,30H,2-3,5-8,13H2,(H,31,32,37). The van der Waals surface area contributed by atoms with Gasteiger partial charge >= 0.3 is 0 Å².